The molecule has 2 nitrogen and oxygen atoms in total. The largest absolute Gasteiger partial charge is 0.347 e. The van der Waals surface area contributed by atoms with Crippen molar-refractivity contribution in [1.29, 1.82) is 0 Å². The van der Waals surface area contributed by atoms with Crippen molar-refractivity contribution in [3.63, 3.8) is 0 Å². The van der Waals surface area contributed by atoms with Crippen LogP contribution in [-0.2, 0) is 6.54 Å². The summed E-state index contributed by atoms with van der Waals surface area (Å²) in [6, 6.07) is 9.04. The Morgan fingerprint density at radius 1 is 1.21 bits per heavy atom. The molecule has 1 N–H and O–H groups in total. The van der Waals surface area contributed by atoms with Crippen molar-refractivity contribution >= 4 is 22.5 Å². The summed E-state index contributed by atoms with van der Waals surface area (Å²) in [6.45, 7) is 2.20. The van der Waals surface area contributed by atoms with Crippen molar-refractivity contribution in [3.8, 4) is 0 Å². The zero-order chi connectivity index (χ0) is 13.1. The highest BCUT2D eigenvalue weighted by Gasteiger charge is 2.13. The molecule has 0 bridgehead atoms. The standard InChI is InChI=1S/C16H21ClN2/c17-14-6-7-16-13(12-14)8-11-19(16)10-3-9-18-15-4-1-2-5-15/h6-8,11-12,15,18H,1-5,9-10H2. The van der Waals surface area contributed by atoms with Crippen LogP contribution in [0.15, 0.2) is 30.5 Å². The van der Waals surface area contributed by atoms with Gasteiger partial charge in [0.2, 0.25) is 0 Å². The van der Waals surface area contributed by atoms with Gasteiger partial charge < -0.3 is 9.88 Å². The monoisotopic (exact) mass is 276 g/mol. The van der Waals surface area contributed by atoms with Crippen LogP contribution in [0.25, 0.3) is 10.9 Å². The van der Waals surface area contributed by atoms with Crippen LogP contribution in [0.3, 0.4) is 0 Å². The van der Waals surface area contributed by atoms with Gasteiger partial charge in [-0.3, -0.25) is 0 Å². The number of nitrogens with zero attached hydrogens (tertiary/aromatic N) is 1. The Bertz CT molecular complexity index is 541. The maximum absolute atomic E-state index is 6.01. The van der Waals surface area contributed by atoms with E-state index in [2.05, 4.69) is 28.2 Å². The lowest BCUT2D eigenvalue weighted by molar-refractivity contribution is 0.498. The predicted molar refractivity (Wildman–Crippen MR) is 81.8 cm³/mol. The lowest BCUT2D eigenvalue weighted by Crippen LogP contribution is -2.27. The molecule has 1 aromatic carbocycles. The van der Waals surface area contributed by atoms with Crippen molar-refractivity contribution in [2.45, 2.75) is 44.7 Å². The third-order valence-electron chi connectivity index (χ3n) is 4.10. The number of halogens is 1. The summed E-state index contributed by atoms with van der Waals surface area (Å²) < 4.78 is 2.32. The summed E-state index contributed by atoms with van der Waals surface area (Å²) in [7, 11) is 0. The molecule has 1 aromatic heterocycles. The van der Waals surface area contributed by atoms with E-state index >= 15 is 0 Å². The van der Waals surface area contributed by atoms with E-state index in [1.807, 2.05) is 12.1 Å². The summed E-state index contributed by atoms with van der Waals surface area (Å²) in [6.07, 6.45) is 8.89. The number of nitrogens with one attached hydrogen (secondary N) is 1. The molecule has 0 aliphatic heterocycles. The first-order chi connectivity index (χ1) is 9.33. The van der Waals surface area contributed by atoms with Crippen LogP contribution >= 0.6 is 11.6 Å². The van der Waals surface area contributed by atoms with E-state index in [0.29, 0.717) is 0 Å². The first-order valence-electron chi connectivity index (χ1n) is 7.31. The molecule has 0 unspecified atom stereocenters. The van der Waals surface area contributed by atoms with Gasteiger partial charge >= 0.3 is 0 Å². The van der Waals surface area contributed by atoms with Crippen LogP contribution in [0.1, 0.15) is 32.1 Å². The molecule has 19 heavy (non-hydrogen) atoms. The highest BCUT2D eigenvalue weighted by molar-refractivity contribution is 6.31. The molecule has 1 fully saturated rings. The highest BCUT2D eigenvalue weighted by Crippen LogP contribution is 2.21. The lowest BCUT2D eigenvalue weighted by Gasteiger charge is -2.12. The Labute approximate surface area is 119 Å². The number of hydrogen-bond acceptors (Lipinski definition) is 1. The quantitative estimate of drug-likeness (QED) is 0.809. The van der Waals surface area contributed by atoms with Gasteiger partial charge in [0.1, 0.15) is 0 Å². The Kier molecular flexibility index (Phi) is 4.09. The molecule has 1 aliphatic carbocycles. The van der Waals surface area contributed by atoms with Crippen LogP contribution < -0.4 is 5.32 Å². The van der Waals surface area contributed by atoms with E-state index in [4.69, 9.17) is 11.6 Å². The number of aromatic nitrogens is 1. The maximum Gasteiger partial charge on any atom is 0.0481 e. The fourth-order valence-electron chi connectivity index (χ4n) is 3.05. The minimum Gasteiger partial charge on any atom is -0.347 e. The second-order valence-electron chi connectivity index (χ2n) is 5.50. The fourth-order valence-corrected chi connectivity index (χ4v) is 3.23. The van der Waals surface area contributed by atoms with E-state index < -0.39 is 0 Å². The third-order valence-corrected chi connectivity index (χ3v) is 4.33. The molecule has 3 rings (SSSR count). The molecule has 0 amide bonds. The normalized spacial score (nSPS) is 16.5. The minimum atomic E-state index is 0.778. The summed E-state index contributed by atoms with van der Waals surface area (Å²) in [5.74, 6) is 0. The van der Waals surface area contributed by atoms with Crippen LogP contribution in [0.4, 0.5) is 0 Å². The van der Waals surface area contributed by atoms with Crippen LogP contribution in [0.2, 0.25) is 5.02 Å². The summed E-state index contributed by atoms with van der Waals surface area (Å²) in [4.78, 5) is 0. The van der Waals surface area contributed by atoms with Crippen LogP contribution in [0.5, 0.6) is 0 Å². The molecule has 1 heterocycles. The fraction of sp³-hybridized carbons (Fsp3) is 0.500. The van der Waals surface area contributed by atoms with Gasteiger partial charge in [0, 0.05) is 34.7 Å². The topological polar surface area (TPSA) is 17.0 Å². The average Bonchev–Trinajstić information content (AvgIpc) is 3.03. The highest BCUT2D eigenvalue weighted by atomic mass is 35.5. The summed E-state index contributed by atoms with van der Waals surface area (Å²) in [5.41, 5.74) is 1.28. The van der Waals surface area contributed by atoms with Crippen molar-refractivity contribution in [3.05, 3.63) is 35.5 Å². The first-order valence-corrected chi connectivity index (χ1v) is 7.68. The van der Waals surface area contributed by atoms with Gasteiger partial charge in [-0.15, -0.1) is 0 Å². The molecule has 0 atom stereocenters. The number of fused-ring (bicyclic) bond motifs is 1. The molecule has 1 saturated carbocycles. The van der Waals surface area contributed by atoms with Gasteiger partial charge in [0.15, 0.2) is 0 Å². The number of hydrogen-bond donors (Lipinski definition) is 1. The van der Waals surface area contributed by atoms with Crippen LogP contribution in [-0.4, -0.2) is 17.2 Å². The minimum absolute atomic E-state index is 0.778. The van der Waals surface area contributed by atoms with Gasteiger partial charge in [0.05, 0.1) is 0 Å². The Morgan fingerprint density at radius 3 is 2.89 bits per heavy atom. The number of rotatable bonds is 5. The van der Waals surface area contributed by atoms with Gasteiger partial charge in [-0.05, 0) is 50.1 Å². The second-order valence-corrected chi connectivity index (χ2v) is 5.94. The Hall–Kier alpha value is -0.990. The zero-order valence-corrected chi connectivity index (χ0v) is 12.0. The molecule has 0 radical (unpaired) electrons. The van der Waals surface area contributed by atoms with Gasteiger partial charge in [-0.25, -0.2) is 0 Å². The maximum atomic E-state index is 6.01. The van der Waals surface area contributed by atoms with Crippen molar-refractivity contribution in [2.24, 2.45) is 0 Å². The van der Waals surface area contributed by atoms with Crippen molar-refractivity contribution in [2.75, 3.05) is 6.54 Å². The molecule has 0 spiro atoms. The van der Waals surface area contributed by atoms with E-state index in [-0.39, 0.29) is 0 Å². The van der Waals surface area contributed by atoms with E-state index in [9.17, 15) is 0 Å². The molecule has 102 valence electrons. The van der Waals surface area contributed by atoms with Gasteiger partial charge in [-0.2, -0.15) is 0 Å². The van der Waals surface area contributed by atoms with Gasteiger partial charge in [0.25, 0.3) is 0 Å². The average molecular weight is 277 g/mol. The Balaban J connectivity index is 1.53. The molecule has 0 saturated heterocycles. The molecule has 1 aliphatic rings. The zero-order valence-electron chi connectivity index (χ0n) is 11.2. The Morgan fingerprint density at radius 2 is 2.05 bits per heavy atom. The predicted octanol–water partition coefficient (Wildman–Crippen LogP) is 4.22. The molecule has 2 aromatic rings. The molecule has 3 heteroatoms. The summed E-state index contributed by atoms with van der Waals surface area (Å²) in [5, 5.41) is 5.71. The van der Waals surface area contributed by atoms with E-state index in [1.165, 1.54) is 43.0 Å². The first kappa shape index (κ1) is 13.0. The number of benzene rings is 1. The van der Waals surface area contributed by atoms with Crippen molar-refractivity contribution in [1.82, 2.24) is 9.88 Å². The molecular formula is C16H21ClN2. The van der Waals surface area contributed by atoms with E-state index in [1.54, 1.807) is 0 Å². The lowest BCUT2D eigenvalue weighted by atomic mass is 10.2. The van der Waals surface area contributed by atoms with Gasteiger partial charge in [-0.1, -0.05) is 24.4 Å². The van der Waals surface area contributed by atoms with Crippen molar-refractivity contribution < 1.29 is 0 Å². The summed E-state index contributed by atoms with van der Waals surface area (Å²) >= 11 is 6.01. The second kappa shape index (κ2) is 5.98. The van der Waals surface area contributed by atoms with Crippen LogP contribution in [0, 0.1) is 0 Å². The number of aryl methyl sites for hydroxylation is 1. The molecular weight excluding hydrogens is 256 g/mol. The SMILES string of the molecule is Clc1ccc2c(ccn2CCCNC2CCCC2)c1. The smallest absolute Gasteiger partial charge is 0.0481 e. The van der Waals surface area contributed by atoms with E-state index in [0.717, 1.165) is 24.2 Å². The third kappa shape index (κ3) is 3.13.